The Balaban J connectivity index is 1.79. The van der Waals surface area contributed by atoms with Crippen molar-refractivity contribution in [3.63, 3.8) is 0 Å². The fourth-order valence-corrected chi connectivity index (χ4v) is 2.55. The molecule has 100 valence electrons. The fraction of sp³-hybridized carbons (Fsp3) is 0.400. The normalized spacial score (nSPS) is 16.6. The SMILES string of the molecule is Nc1ccc(NCC2CCOCC2)c2cccnc12. The molecular formula is C15H19N3O. The highest BCUT2D eigenvalue weighted by Crippen LogP contribution is 2.27. The number of nitrogens with one attached hydrogen (secondary N) is 1. The lowest BCUT2D eigenvalue weighted by Crippen LogP contribution is -2.22. The Kier molecular flexibility index (Phi) is 3.51. The lowest BCUT2D eigenvalue weighted by Gasteiger charge is -2.23. The zero-order valence-electron chi connectivity index (χ0n) is 10.9. The number of ether oxygens (including phenoxy) is 1. The van der Waals surface area contributed by atoms with Gasteiger partial charge in [-0.25, -0.2) is 0 Å². The van der Waals surface area contributed by atoms with Crippen LogP contribution in [0.4, 0.5) is 11.4 Å². The number of fused-ring (bicyclic) bond motifs is 1. The Morgan fingerprint density at radius 2 is 2.11 bits per heavy atom. The molecule has 0 atom stereocenters. The van der Waals surface area contributed by atoms with Crippen LogP contribution in [0.5, 0.6) is 0 Å². The van der Waals surface area contributed by atoms with Gasteiger partial charge in [0.25, 0.3) is 0 Å². The largest absolute Gasteiger partial charge is 0.397 e. The molecule has 4 heteroatoms. The number of nitrogen functional groups attached to an aromatic ring is 1. The Labute approximate surface area is 113 Å². The van der Waals surface area contributed by atoms with Crippen molar-refractivity contribution in [2.75, 3.05) is 30.8 Å². The third-order valence-corrected chi connectivity index (χ3v) is 3.72. The number of hydrogen-bond acceptors (Lipinski definition) is 4. The van der Waals surface area contributed by atoms with E-state index in [-0.39, 0.29) is 0 Å². The second-order valence-electron chi connectivity index (χ2n) is 5.04. The van der Waals surface area contributed by atoms with Gasteiger partial charge in [0.15, 0.2) is 0 Å². The van der Waals surface area contributed by atoms with Crippen LogP contribution in [0.2, 0.25) is 0 Å². The van der Waals surface area contributed by atoms with E-state index < -0.39 is 0 Å². The number of aromatic nitrogens is 1. The first-order valence-electron chi connectivity index (χ1n) is 6.79. The molecule has 4 nitrogen and oxygen atoms in total. The molecule has 1 aliphatic rings. The smallest absolute Gasteiger partial charge is 0.0951 e. The van der Waals surface area contributed by atoms with Crippen LogP contribution >= 0.6 is 0 Å². The number of rotatable bonds is 3. The molecule has 0 radical (unpaired) electrons. The number of hydrogen-bond donors (Lipinski definition) is 2. The van der Waals surface area contributed by atoms with Crippen LogP contribution in [0.25, 0.3) is 10.9 Å². The van der Waals surface area contributed by atoms with Gasteiger partial charge in [-0.15, -0.1) is 0 Å². The summed E-state index contributed by atoms with van der Waals surface area (Å²) in [6.45, 7) is 2.75. The van der Waals surface area contributed by atoms with Gasteiger partial charge in [0.05, 0.1) is 11.2 Å². The van der Waals surface area contributed by atoms with Crippen molar-refractivity contribution < 1.29 is 4.74 Å². The first-order chi connectivity index (χ1) is 9.34. The summed E-state index contributed by atoms with van der Waals surface area (Å²) in [4.78, 5) is 4.35. The van der Waals surface area contributed by atoms with Crippen molar-refractivity contribution in [1.29, 1.82) is 0 Å². The van der Waals surface area contributed by atoms with Crippen molar-refractivity contribution in [3.8, 4) is 0 Å². The average Bonchev–Trinajstić information content (AvgIpc) is 2.48. The highest BCUT2D eigenvalue weighted by molar-refractivity contribution is 5.98. The van der Waals surface area contributed by atoms with Crippen LogP contribution in [-0.4, -0.2) is 24.7 Å². The molecule has 2 heterocycles. The number of pyridine rings is 1. The van der Waals surface area contributed by atoms with Crippen molar-refractivity contribution in [3.05, 3.63) is 30.5 Å². The summed E-state index contributed by atoms with van der Waals surface area (Å²) < 4.78 is 5.38. The highest BCUT2D eigenvalue weighted by atomic mass is 16.5. The van der Waals surface area contributed by atoms with Crippen LogP contribution in [0.3, 0.4) is 0 Å². The molecule has 3 N–H and O–H groups in total. The van der Waals surface area contributed by atoms with E-state index in [0.29, 0.717) is 5.92 Å². The zero-order valence-corrected chi connectivity index (χ0v) is 10.9. The molecule has 1 saturated heterocycles. The summed E-state index contributed by atoms with van der Waals surface area (Å²) in [6, 6.07) is 7.97. The average molecular weight is 257 g/mol. The van der Waals surface area contributed by atoms with Crippen LogP contribution in [-0.2, 0) is 4.74 Å². The van der Waals surface area contributed by atoms with E-state index in [0.717, 1.165) is 54.9 Å². The maximum Gasteiger partial charge on any atom is 0.0951 e. The van der Waals surface area contributed by atoms with Crippen molar-refractivity contribution in [2.24, 2.45) is 5.92 Å². The van der Waals surface area contributed by atoms with Gasteiger partial charge in [0.1, 0.15) is 0 Å². The molecule has 0 bridgehead atoms. The lowest BCUT2D eigenvalue weighted by molar-refractivity contribution is 0.0699. The van der Waals surface area contributed by atoms with E-state index in [2.05, 4.69) is 16.4 Å². The Hall–Kier alpha value is -1.81. The second-order valence-corrected chi connectivity index (χ2v) is 5.04. The molecular weight excluding hydrogens is 238 g/mol. The molecule has 2 aromatic rings. The lowest BCUT2D eigenvalue weighted by atomic mass is 10.00. The third kappa shape index (κ3) is 2.63. The van der Waals surface area contributed by atoms with Gasteiger partial charge in [0, 0.05) is 37.0 Å². The summed E-state index contributed by atoms with van der Waals surface area (Å²) in [5, 5.41) is 4.63. The predicted octanol–water partition coefficient (Wildman–Crippen LogP) is 2.66. The molecule has 0 amide bonds. The van der Waals surface area contributed by atoms with Crippen molar-refractivity contribution in [1.82, 2.24) is 4.98 Å². The van der Waals surface area contributed by atoms with Gasteiger partial charge in [-0.3, -0.25) is 4.98 Å². The minimum atomic E-state index is 0.693. The molecule has 0 unspecified atom stereocenters. The van der Waals surface area contributed by atoms with E-state index in [1.807, 2.05) is 18.2 Å². The Bertz CT molecular complexity index is 564. The van der Waals surface area contributed by atoms with E-state index in [1.165, 1.54) is 0 Å². The van der Waals surface area contributed by atoms with Crippen LogP contribution in [0.1, 0.15) is 12.8 Å². The van der Waals surface area contributed by atoms with E-state index in [4.69, 9.17) is 10.5 Å². The van der Waals surface area contributed by atoms with Crippen molar-refractivity contribution in [2.45, 2.75) is 12.8 Å². The van der Waals surface area contributed by atoms with Crippen LogP contribution in [0, 0.1) is 5.92 Å². The van der Waals surface area contributed by atoms with E-state index in [1.54, 1.807) is 6.20 Å². The Morgan fingerprint density at radius 1 is 1.26 bits per heavy atom. The monoisotopic (exact) mass is 257 g/mol. The first-order valence-corrected chi connectivity index (χ1v) is 6.79. The molecule has 1 aliphatic heterocycles. The van der Waals surface area contributed by atoms with Gasteiger partial charge < -0.3 is 15.8 Å². The predicted molar refractivity (Wildman–Crippen MR) is 78.2 cm³/mol. The summed E-state index contributed by atoms with van der Waals surface area (Å²) in [5.74, 6) is 0.693. The first kappa shape index (κ1) is 12.2. The summed E-state index contributed by atoms with van der Waals surface area (Å²) in [7, 11) is 0. The van der Waals surface area contributed by atoms with Gasteiger partial charge in [-0.1, -0.05) is 0 Å². The summed E-state index contributed by atoms with van der Waals surface area (Å²) in [5.41, 5.74) is 8.68. The van der Waals surface area contributed by atoms with Crippen LogP contribution in [0.15, 0.2) is 30.5 Å². The fourth-order valence-electron chi connectivity index (χ4n) is 2.55. The second kappa shape index (κ2) is 5.45. The maximum atomic E-state index is 5.96. The third-order valence-electron chi connectivity index (χ3n) is 3.72. The van der Waals surface area contributed by atoms with E-state index >= 15 is 0 Å². The zero-order chi connectivity index (χ0) is 13.1. The van der Waals surface area contributed by atoms with E-state index in [9.17, 15) is 0 Å². The molecule has 1 fully saturated rings. The Morgan fingerprint density at radius 3 is 2.95 bits per heavy atom. The van der Waals surface area contributed by atoms with Gasteiger partial charge >= 0.3 is 0 Å². The van der Waals surface area contributed by atoms with Crippen LogP contribution < -0.4 is 11.1 Å². The minimum absolute atomic E-state index is 0.693. The summed E-state index contributed by atoms with van der Waals surface area (Å²) in [6.07, 6.45) is 4.05. The molecule has 3 rings (SSSR count). The molecule has 0 saturated carbocycles. The number of anilines is 2. The van der Waals surface area contributed by atoms with Gasteiger partial charge in [-0.05, 0) is 43.0 Å². The topological polar surface area (TPSA) is 60.2 Å². The number of nitrogens with zero attached hydrogens (tertiary/aromatic N) is 1. The standard InChI is InChI=1S/C15H19N3O/c16-13-3-4-14(12-2-1-7-17-15(12)13)18-10-11-5-8-19-9-6-11/h1-4,7,11,18H,5-6,8-10,16H2. The van der Waals surface area contributed by atoms with Crippen molar-refractivity contribution >= 4 is 22.3 Å². The summed E-state index contributed by atoms with van der Waals surface area (Å²) >= 11 is 0. The van der Waals surface area contributed by atoms with Gasteiger partial charge in [-0.2, -0.15) is 0 Å². The maximum absolute atomic E-state index is 5.96. The molecule has 0 spiro atoms. The number of benzene rings is 1. The quantitative estimate of drug-likeness (QED) is 0.830. The number of nitrogens with two attached hydrogens (primary N) is 1. The molecule has 19 heavy (non-hydrogen) atoms. The van der Waals surface area contributed by atoms with Gasteiger partial charge in [0.2, 0.25) is 0 Å². The molecule has 0 aliphatic carbocycles. The highest BCUT2D eigenvalue weighted by Gasteiger charge is 2.14. The molecule has 1 aromatic heterocycles. The molecule has 1 aromatic carbocycles. The minimum Gasteiger partial charge on any atom is -0.397 e.